The van der Waals surface area contributed by atoms with Crippen molar-refractivity contribution in [3.63, 3.8) is 0 Å². The smallest absolute Gasteiger partial charge is 0.233 e. The lowest BCUT2D eigenvalue weighted by Gasteiger charge is -2.44. The van der Waals surface area contributed by atoms with Crippen molar-refractivity contribution in [2.45, 2.75) is 40.0 Å². The van der Waals surface area contributed by atoms with Gasteiger partial charge in [-0.15, -0.1) is 0 Å². The predicted octanol–water partition coefficient (Wildman–Crippen LogP) is 1.87. The van der Waals surface area contributed by atoms with Crippen molar-refractivity contribution in [3.05, 3.63) is 0 Å². The van der Waals surface area contributed by atoms with Crippen LogP contribution in [0.2, 0.25) is 0 Å². The summed E-state index contributed by atoms with van der Waals surface area (Å²) in [4.78, 5) is 12.7. The van der Waals surface area contributed by atoms with E-state index in [1.54, 1.807) is 7.11 Å². The molecule has 0 aromatic heterocycles. The fraction of sp³-hybridized carbons (Fsp3) is 0.857. The molecule has 3 N–H and O–H groups in total. The average molecular weight is 286 g/mol. The molecule has 0 heterocycles. The lowest BCUT2D eigenvalue weighted by Crippen LogP contribution is -2.57. The number of nitrogens with two attached hydrogens (primary N) is 1. The van der Waals surface area contributed by atoms with Gasteiger partial charge in [-0.2, -0.15) is 0 Å². The number of carbonyl (C=O) groups excluding carboxylic acids is 1. The zero-order valence-corrected chi connectivity index (χ0v) is 13.2. The largest absolute Gasteiger partial charge is 0.392 e. The van der Waals surface area contributed by atoms with Crippen LogP contribution < -0.4 is 11.1 Å². The Balaban J connectivity index is 2.53. The Hall–Kier alpha value is -0.680. The number of carbonyl (C=O) groups is 1. The molecule has 0 bridgehead atoms. The maximum atomic E-state index is 12.3. The molecule has 0 unspecified atom stereocenters. The predicted molar refractivity (Wildman–Crippen MR) is 80.9 cm³/mol. The molecule has 0 saturated heterocycles. The summed E-state index contributed by atoms with van der Waals surface area (Å²) in [5.74, 6) is 0.511. The third-order valence-electron chi connectivity index (χ3n) is 4.01. The quantitative estimate of drug-likeness (QED) is 0.701. The van der Waals surface area contributed by atoms with Crippen molar-refractivity contribution < 1.29 is 9.53 Å². The Bertz CT molecular complexity index is 349. The molecule has 0 aromatic carbocycles. The highest BCUT2D eigenvalue weighted by Crippen LogP contribution is 2.46. The number of nitrogens with one attached hydrogen (secondary N) is 1. The summed E-state index contributed by atoms with van der Waals surface area (Å²) in [6, 6.07) is 0. The molecule has 1 fully saturated rings. The highest BCUT2D eigenvalue weighted by molar-refractivity contribution is 7.80. The molecule has 5 heteroatoms. The van der Waals surface area contributed by atoms with Crippen molar-refractivity contribution in [2.75, 3.05) is 20.3 Å². The van der Waals surface area contributed by atoms with E-state index >= 15 is 0 Å². The van der Waals surface area contributed by atoms with Crippen molar-refractivity contribution in [1.82, 2.24) is 5.32 Å². The molecule has 0 spiro atoms. The third-order valence-corrected chi connectivity index (χ3v) is 4.40. The molecule has 1 aliphatic carbocycles. The van der Waals surface area contributed by atoms with Gasteiger partial charge >= 0.3 is 0 Å². The highest BCUT2D eigenvalue weighted by Gasteiger charge is 2.50. The van der Waals surface area contributed by atoms with Gasteiger partial charge in [0.15, 0.2) is 0 Å². The van der Waals surface area contributed by atoms with Gasteiger partial charge in [0.25, 0.3) is 0 Å². The van der Waals surface area contributed by atoms with Crippen LogP contribution >= 0.6 is 12.2 Å². The van der Waals surface area contributed by atoms with Crippen LogP contribution in [0.3, 0.4) is 0 Å². The van der Waals surface area contributed by atoms with Crippen LogP contribution in [0.15, 0.2) is 0 Å². The minimum Gasteiger partial charge on any atom is -0.392 e. The van der Waals surface area contributed by atoms with Crippen LogP contribution in [-0.2, 0) is 9.53 Å². The van der Waals surface area contributed by atoms with Crippen LogP contribution in [0.4, 0.5) is 0 Å². The highest BCUT2D eigenvalue weighted by atomic mass is 32.1. The number of ether oxygens (including phenoxy) is 1. The Morgan fingerprint density at radius 1 is 1.53 bits per heavy atom. The van der Waals surface area contributed by atoms with Crippen molar-refractivity contribution in [2.24, 2.45) is 22.5 Å². The monoisotopic (exact) mass is 286 g/mol. The lowest BCUT2D eigenvalue weighted by molar-refractivity contribution is -0.133. The van der Waals surface area contributed by atoms with Gasteiger partial charge in [-0.3, -0.25) is 4.79 Å². The lowest BCUT2D eigenvalue weighted by atomic mass is 9.62. The number of rotatable bonds is 7. The van der Waals surface area contributed by atoms with Gasteiger partial charge in [-0.1, -0.05) is 33.0 Å². The van der Waals surface area contributed by atoms with Gasteiger partial charge in [0.1, 0.15) is 0 Å². The minimum atomic E-state index is -0.605. The molecular formula is C14H26N2O2S. The topological polar surface area (TPSA) is 64.3 Å². The summed E-state index contributed by atoms with van der Waals surface area (Å²) in [5, 5.41) is 3.01. The van der Waals surface area contributed by atoms with Crippen LogP contribution in [-0.4, -0.2) is 31.2 Å². The second-order valence-electron chi connectivity index (χ2n) is 6.55. The number of methoxy groups -OCH3 is 1. The van der Waals surface area contributed by atoms with Crippen LogP contribution in [0.25, 0.3) is 0 Å². The molecule has 1 saturated carbocycles. The maximum absolute atomic E-state index is 12.3. The summed E-state index contributed by atoms with van der Waals surface area (Å²) in [7, 11) is 1.69. The molecule has 0 atom stereocenters. The van der Waals surface area contributed by atoms with Gasteiger partial charge in [0, 0.05) is 20.3 Å². The summed E-state index contributed by atoms with van der Waals surface area (Å²) in [5.41, 5.74) is 5.17. The molecular weight excluding hydrogens is 260 g/mol. The molecule has 110 valence electrons. The summed E-state index contributed by atoms with van der Waals surface area (Å²) in [6.07, 6.45) is 2.44. The molecule has 1 aliphatic rings. The van der Waals surface area contributed by atoms with E-state index in [-0.39, 0.29) is 11.3 Å². The van der Waals surface area contributed by atoms with Gasteiger partial charge in [-0.05, 0) is 30.6 Å². The van der Waals surface area contributed by atoms with E-state index in [4.69, 9.17) is 22.7 Å². The van der Waals surface area contributed by atoms with E-state index in [1.165, 1.54) is 0 Å². The van der Waals surface area contributed by atoms with E-state index in [0.717, 1.165) is 19.3 Å². The van der Waals surface area contributed by atoms with Crippen LogP contribution in [0, 0.1) is 16.7 Å². The van der Waals surface area contributed by atoms with E-state index in [9.17, 15) is 4.79 Å². The Labute approximate surface area is 121 Å². The third kappa shape index (κ3) is 3.89. The zero-order chi connectivity index (χ0) is 14.7. The fourth-order valence-electron chi connectivity index (χ4n) is 2.58. The fourth-order valence-corrected chi connectivity index (χ4v) is 2.84. The summed E-state index contributed by atoms with van der Waals surface area (Å²) >= 11 is 5.08. The molecule has 0 aromatic rings. The van der Waals surface area contributed by atoms with Crippen molar-refractivity contribution in [3.8, 4) is 0 Å². The van der Waals surface area contributed by atoms with Gasteiger partial charge in [0.2, 0.25) is 5.91 Å². The number of thiocarbonyl (C=S) groups is 1. The molecule has 0 aliphatic heterocycles. The Kier molecular flexibility index (Phi) is 5.33. The first kappa shape index (κ1) is 16.4. The first-order valence-electron chi connectivity index (χ1n) is 6.81. The second kappa shape index (κ2) is 6.18. The van der Waals surface area contributed by atoms with Gasteiger partial charge in [-0.25, -0.2) is 0 Å². The van der Waals surface area contributed by atoms with E-state index in [0.29, 0.717) is 24.1 Å². The molecule has 1 rings (SSSR count). The van der Waals surface area contributed by atoms with E-state index < -0.39 is 5.41 Å². The van der Waals surface area contributed by atoms with Crippen molar-refractivity contribution >= 4 is 23.1 Å². The van der Waals surface area contributed by atoms with E-state index in [1.807, 2.05) is 0 Å². The number of hydrogen-bond donors (Lipinski definition) is 2. The van der Waals surface area contributed by atoms with Crippen LogP contribution in [0.5, 0.6) is 0 Å². The average Bonchev–Trinajstić information content (AvgIpc) is 2.29. The summed E-state index contributed by atoms with van der Waals surface area (Å²) < 4.78 is 5.08. The molecule has 0 radical (unpaired) electrons. The normalized spacial score (nSPS) is 26.6. The van der Waals surface area contributed by atoms with Gasteiger partial charge < -0.3 is 15.8 Å². The van der Waals surface area contributed by atoms with Crippen molar-refractivity contribution in [1.29, 1.82) is 0 Å². The minimum absolute atomic E-state index is 0.0106. The van der Waals surface area contributed by atoms with E-state index in [2.05, 4.69) is 26.1 Å². The Morgan fingerprint density at radius 2 is 2.11 bits per heavy atom. The molecule has 19 heavy (non-hydrogen) atoms. The molecule has 4 nitrogen and oxygen atoms in total. The first-order chi connectivity index (χ1) is 8.73. The number of amides is 1. The Morgan fingerprint density at radius 3 is 2.53 bits per heavy atom. The molecule has 1 amide bonds. The van der Waals surface area contributed by atoms with Crippen LogP contribution in [0.1, 0.15) is 40.0 Å². The standard InChI is InChI=1S/C14H26N2O2S/c1-10-7-14(8-10,11(15)19)12(17)16-9-13(2,3)5-6-18-4/h10H,5-9H2,1-4H3,(H2,15,19)(H,16,17). The van der Waals surface area contributed by atoms with Gasteiger partial charge in [0.05, 0.1) is 10.4 Å². The summed E-state index contributed by atoms with van der Waals surface area (Å²) in [6.45, 7) is 7.66. The maximum Gasteiger partial charge on any atom is 0.233 e. The zero-order valence-electron chi connectivity index (χ0n) is 12.4. The first-order valence-corrected chi connectivity index (χ1v) is 7.21. The number of hydrogen-bond acceptors (Lipinski definition) is 3. The SMILES string of the molecule is COCCC(C)(C)CNC(=O)C1(C(N)=S)CC(C)C1. The second-order valence-corrected chi connectivity index (χ2v) is 6.99.